The van der Waals surface area contributed by atoms with Crippen molar-refractivity contribution in [2.45, 2.75) is 46.1 Å². The number of benzene rings is 1. The van der Waals surface area contributed by atoms with E-state index in [1.165, 1.54) is 11.1 Å². The van der Waals surface area contributed by atoms with Crippen LogP contribution < -0.4 is 4.74 Å². The molecule has 7 heteroatoms. The quantitative estimate of drug-likeness (QED) is 0.320. The summed E-state index contributed by atoms with van der Waals surface area (Å²) in [5.41, 5.74) is 6.29. The Balaban J connectivity index is 1.75. The maximum absolute atomic E-state index is 6.30. The molecule has 1 aliphatic carbocycles. The van der Waals surface area contributed by atoms with E-state index in [4.69, 9.17) is 9.57 Å². The third kappa shape index (κ3) is 5.39. The molecule has 2 aromatic rings. The molecule has 1 heterocycles. The summed E-state index contributed by atoms with van der Waals surface area (Å²) in [5.74, 6) is 0.622. The fraction of sp³-hybridized carbons (Fsp3) is 0.435. The Morgan fingerprint density at radius 2 is 2.13 bits per heavy atom. The summed E-state index contributed by atoms with van der Waals surface area (Å²) in [6, 6.07) is 8.46. The van der Waals surface area contributed by atoms with Gasteiger partial charge in [-0.2, -0.15) is 0 Å². The molecule has 0 radical (unpaired) electrons. The lowest BCUT2D eigenvalue weighted by Crippen LogP contribution is -2.26. The zero-order chi connectivity index (χ0) is 21.7. The van der Waals surface area contributed by atoms with Crippen molar-refractivity contribution in [2.75, 3.05) is 20.7 Å². The van der Waals surface area contributed by atoms with Crippen molar-refractivity contribution >= 4 is 33.7 Å². The first-order chi connectivity index (χ1) is 14.4. The minimum absolute atomic E-state index is 0.0798. The highest BCUT2D eigenvalue weighted by Gasteiger charge is 2.22. The van der Waals surface area contributed by atoms with Crippen molar-refractivity contribution in [1.82, 2.24) is 9.88 Å². The number of aryl methyl sites for hydroxylation is 2. The number of aliphatic imine (C=N–C) groups is 1. The Hall–Kier alpha value is -2.41. The van der Waals surface area contributed by atoms with Crippen molar-refractivity contribution in [3.63, 3.8) is 0 Å². The lowest BCUT2D eigenvalue weighted by Gasteiger charge is -2.26. The molecule has 0 spiro atoms. The highest BCUT2D eigenvalue weighted by molar-refractivity contribution is 9.10. The number of ether oxygens (including phenoxy) is 1. The minimum atomic E-state index is 0.0798. The molecule has 0 bridgehead atoms. The number of hydrogen-bond donors (Lipinski definition) is 0. The number of aromatic nitrogens is 1. The molecule has 1 aromatic heterocycles. The second-order valence-electron chi connectivity index (χ2n) is 7.52. The second-order valence-corrected chi connectivity index (χ2v) is 8.38. The van der Waals surface area contributed by atoms with Gasteiger partial charge in [-0.1, -0.05) is 17.3 Å². The Kier molecular flexibility index (Phi) is 7.48. The van der Waals surface area contributed by atoms with E-state index in [0.29, 0.717) is 5.88 Å². The van der Waals surface area contributed by atoms with E-state index in [1.54, 1.807) is 7.11 Å². The van der Waals surface area contributed by atoms with E-state index >= 15 is 0 Å². The van der Waals surface area contributed by atoms with Gasteiger partial charge in [0.15, 0.2) is 0 Å². The lowest BCUT2D eigenvalue weighted by molar-refractivity contribution is 0.175. The number of pyridine rings is 1. The predicted octanol–water partition coefficient (Wildman–Crippen LogP) is 5.07. The molecule has 0 saturated carbocycles. The summed E-state index contributed by atoms with van der Waals surface area (Å²) in [6.45, 7) is 6.90. The number of hydrogen-bond acceptors (Lipinski definition) is 5. The average molecular weight is 473 g/mol. The number of oxime groups is 1. The third-order valence-electron chi connectivity index (χ3n) is 5.31. The van der Waals surface area contributed by atoms with E-state index in [1.807, 2.05) is 38.2 Å². The number of halogens is 1. The van der Waals surface area contributed by atoms with Crippen LogP contribution in [0.5, 0.6) is 5.88 Å². The summed E-state index contributed by atoms with van der Waals surface area (Å²) >= 11 is 3.61. The highest BCUT2D eigenvalue weighted by atomic mass is 79.9. The van der Waals surface area contributed by atoms with Crippen LogP contribution in [-0.4, -0.2) is 48.7 Å². The number of rotatable bonds is 7. The van der Waals surface area contributed by atoms with Gasteiger partial charge >= 0.3 is 0 Å². The Morgan fingerprint density at radius 1 is 1.33 bits per heavy atom. The molecule has 1 aromatic carbocycles. The van der Waals surface area contributed by atoms with E-state index in [-0.39, 0.29) is 6.10 Å². The molecule has 6 nitrogen and oxygen atoms in total. The van der Waals surface area contributed by atoms with Crippen molar-refractivity contribution in [3.8, 4) is 5.88 Å². The summed E-state index contributed by atoms with van der Waals surface area (Å²) in [4.78, 5) is 16.1. The normalized spacial score (nSPS) is 16.5. The lowest BCUT2D eigenvalue weighted by atomic mass is 9.88. The van der Waals surface area contributed by atoms with Crippen molar-refractivity contribution in [3.05, 3.63) is 51.1 Å². The van der Waals surface area contributed by atoms with E-state index in [9.17, 15) is 0 Å². The van der Waals surface area contributed by atoms with Crippen LogP contribution in [0.3, 0.4) is 0 Å². The van der Waals surface area contributed by atoms with Crippen molar-refractivity contribution < 1.29 is 9.57 Å². The Morgan fingerprint density at radius 3 is 2.87 bits per heavy atom. The first kappa shape index (κ1) is 22.3. The molecular formula is C23H29BrN4O2. The van der Waals surface area contributed by atoms with Crippen LogP contribution >= 0.6 is 15.9 Å². The predicted molar refractivity (Wildman–Crippen MR) is 125 cm³/mol. The van der Waals surface area contributed by atoms with Gasteiger partial charge in [-0.25, -0.2) is 9.98 Å². The summed E-state index contributed by atoms with van der Waals surface area (Å²) in [5, 5.41) is 4.05. The van der Waals surface area contributed by atoms with Gasteiger partial charge in [0.2, 0.25) is 5.88 Å². The SMILES string of the molecule is CCN(C)C=Nc1cc(Br)c(OC2CCc3ccc(C(C)=NOC)cc3C2)nc1C. The third-order valence-corrected chi connectivity index (χ3v) is 5.88. The van der Waals surface area contributed by atoms with Crippen molar-refractivity contribution in [2.24, 2.45) is 10.1 Å². The maximum atomic E-state index is 6.30. The molecule has 1 aliphatic rings. The maximum Gasteiger partial charge on any atom is 0.228 e. The Labute approximate surface area is 187 Å². The summed E-state index contributed by atoms with van der Waals surface area (Å²) in [7, 11) is 3.56. The van der Waals surface area contributed by atoms with Gasteiger partial charge < -0.3 is 14.5 Å². The zero-order valence-corrected chi connectivity index (χ0v) is 19.9. The van der Waals surface area contributed by atoms with Gasteiger partial charge in [0.05, 0.1) is 27.9 Å². The first-order valence-corrected chi connectivity index (χ1v) is 11.0. The number of nitrogens with zero attached hydrogens (tertiary/aromatic N) is 4. The van der Waals surface area contributed by atoms with Crippen LogP contribution in [0.2, 0.25) is 0 Å². The van der Waals surface area contributed by atoms with Gasteiger partial charge in [0.25, 0.3) is 0 Å². The molecule has 0 N–H and O–H groups in total. The average Bonchev–Trinajstić information content (AvgIpc) is 2.74. The standard InChI is InChI=1S/C23H29BrN4O2/c1-6-28(4)14-25-22-13-21(24)23(26-16(22)3)30-20-10-9-17-7-8-18(11-19(17)12-20)15(2)27-29-5/h7-8,11,13-14,20H,6,9-10,12H2,1-5H3. The van der Waals surface area contributed by atoms with Gasteiger partial charge in [0, 0.05) is 20.0 Å². The fourth-order valence-electron chi connectivity index (χ4n) is 3.40. The summed E-state index contributed by atoms with van der Waals surface area (Å²) in [6.07, 6.45) is 4.70. The van der Waals surface area contributed by atoms with Crippen LogP contribution in [0, 0.1) is 6.92 Å². The van der Waals surface area contributed by atoms with E-state index in [0.717, 1.165) is 52.9 Å². The molecule has 3 rings (SSSR count). The smallest absolute Gasteiger partial charge is 0.228 e. The monoisotopic (exact) mass is 472 g/mol. The molecule has 0 amide bonds. The van der Waals surface area contributed by atoms with Crippen LogP contribution in [0.25, 0.3) is 0 Å². The van der Waals surface area contributed by atoms with Crippen LogP contribution in [-0.2, 0) is 17.7 Å². The summed E-state index contributed by atoms with van der Waals surface area (Å²) < 4.78 is 7.12. The van der Waals surface area contributed by atoms with E-state index < -0.39 is 0 Å². The molecule has 0 aliphatic heterocycles. The molecular weight excluding hydrogens is 444 g/mol. The molecule has 30 heavy (non-hydrogen) atoms. The number of fused-ring (bicyclic) bond motifs is 1. The van der Waals surface area contributed by atoms with Crippen LogP contribution in [0.15, 0.2) is 38.9 Å². The van der Waals surface area contributed by atoms with E-state index in [2.05, 4.69) is 56.2 Å². The van der Waals surface area contributed by atoms with Crippen molar-refractivity contribution in [1.29, 1.82) is 0 Å². The molecule has 160 valence electrons. The van der Waals surface area contributed by atoms with Gasteiger partial charge in [-0.15, -0.1) is 0 Å². The molecule has 1 unspecified atom stereocenters. The Bertz CT molecular complexity index is 958. The highest BCUT2D eigenvalue weighted by Crippen LogP contribution is 2.32. The topological polar surface area (TPSA) is 59.3 Å². The first-order valence-electron chi connectivity index (χ1n) is 10.2. The zero-order valence-electron chi connectivity index (χ0n) is 18.3. The van der Waals surface area contributed by atoms with Crippen LogP contribution in [0.4, 0.5) is 5.69 Å². The molecule has 1 atom stereocenters. The van der Waals surface area contributed by atoms with Crippen LogP contribution in [0.1, 0.15) is 42.7 Å². The van der Waals surface area contributed by atoms with Gasteiger partial charge in [0.1, 0.15) is 13.2 Å². The van der Waals surface area contributed by atoms with Gasteiger partial charge in [-0.3, -0.25) is 0 Å². The molecule has 0 saturated heterocycles. The second kappa shape index (κ2) is 10.1. The minimum Gasteiger partial charge on any atom is -0.473 e. The van der Waals surface area contributed by atoms with Gasteiger partial charge in [-0.05, 0) is 78.4 Å². The fourth-order valence-corrected chi connectivity index (χ4v) is 3.80. The largest absolute Gasteiger partial charge is 0.473 e. The molecule has 0 fully saturated rings.